The number of rotatable bonds is 1. The summed E-state index contributed by atoms with van der Waals surface area (Å²) < 4.78 is 5.15. The Morgan fingerprint density at radius 1 is 1.35 bits per heavy atom. The molecule has 6 nitrogen and oxygen atoms in total. The molecule has 1 heterocycles. The highest BCUT2D eigenvalue weighted by molar-refractivity contribution is 5.75. The first-order valence-electron chi connectivity index (χ1n) is 5.54. The normalized spacial score (nSPS) is 29.2. The monoisotopic (exact) mass is 245 g/mol. The molecule has 1 aliphatic heterocycles. The summed E-state index contributed by atoms with van der Waals surface area (Å²) in [6.07, 6.45) is -1.65. The molecule has 0 saturated carbocycles. The standard InChI is InChI=1S/C11H19NO5/c1-6-8(13)7(9(14)15)5-12(6)10(16)17-11(2,3)4/h6-8,13H,5H2,1-4H3,(H,14,15)/t6?,7?,8-/m0/s1. The van der Waals surface area contributed by atoms with E-state index >= 15 is 0 Å². The molecule has 6 heteroatoms. The molecule has 0 aliphatic carbocycles. The summed E-state index contributed by atoms with van der Waals surface area (Å²) in [6.45, 7) is 6.79. The van der Waals surface area contributed by atoms with Gasteiger partial charge in [-0.2, -0.15) is 0 Å². The molecule has 3 atom stereocenters. The van der Waals surface area contributed by atoms with Gasteiger partial charge < -0.3 is 19.8 Å². The fraction of sp³-hybridized carbons (Fsp3) is 0.818. The van der Waals surface area contributed by atoms with Crippen LogP contribution in [0.25, 0.3) is 0 Å². The maximum Gasteiger partial charge on any atom is 0.410 e. The van der Waals surface area contributed by atoms with Crippen LogP contribution in [0.4, 0.5) is 4.79 Å². The highest BCUT2D eigenvalue weighted by atomic mass is 16.6. The Labute approximate surface area is 100 Å². The van der Waals surface area contributed by atoms with E-state index in [0.29, 0.717) is 0 Å². The van der Waals surface area contributed by atoms with Crippen LogP contribution >= 0.6 is 0 Å². The Morgan fingerprint density at radius 2 is 1.88 bits per heavy atom. The molecule has 0 spiro atoms. The van der Waals surface area contributed by atoms with Gasteiger partial charge in [-0.1, -0.05) is 0 Å². The lowest BCUT2D eigenvalue weighted by Gasteiger charge is -2.27. The molecule has 1 aliphatic rings. The number of hydrogen-bond donors (Lipinski definition) is 2. The third kappa shape index (κ3) is 3.09. The number of ether oxygens (including phenoxy) is 1. The Bertz CT molecular complexity index is 322. The molecule has 0 radical (unpaired) electrons. The van der Waals surface area contributed by atoms with Crippen molar-refractivity contribution in [1.29, 1.82) is 0 Å². The predicted molar refractivity (Wildman–Crippen MR) is 59.5 cm³/mol. The third-order valence-electron chi connectivity index (χ3n) is 2.74. The summed E-state index contributed by atoms with van der Waals surface area (Å²) >= 11 is 0. The van der Waals surface area contributed by atoms with Crippen LogP contribution in [0.1, 0.15) is 27.7 Å². The highest BCUT2D eigenvalue weighted by Crippen LogP contribution is 2.25. The largest absolute Gasteiger partial charge is 0.481 e. The van der Waals surface area contributed by atoms with Gasteiger partial charge in [0.2, 0.25) is 0 Å². The molecule has 0 aromatic carbocycles. The molecule has 2 N–H and O–H groups in total. The van der Waals surface area contributed by atoms with E-state index in [1.54, 1.807) is 27.7 Å². The van der Waals surface area contributed by atoms with Crippen LogP contribution in [-0.4, -0.2) is 51.5 Å². The lowest BCUT2D eigenvalue weighted by atomic mass is 10.0. The number of carbonyl (C=O) groups excluding carboxylic acids is 1. The van der Waals surface area contributed by atoms with E-state index in [1.165, 1.54) is 4.90 Å². The van der Waals surface area contributed by atoms with Crippen LogP contribution in [0.5, 0.6) is 0 Å². The maximum atomic E-state index is 11.8. The average Bonchev–Trinajstić information content (AvgIpc) is 2.41. The van der Waals surface area contributed by atoms with Crippen molar-refractivity contribution in [2.45, 2.75) is 45.4 Å². The van der Waals surface area contributed by atoms with Crippen molar-refractivity contribution in [3.05, 3.63) is 0 Å². The van der Waals surface area contributed by atoms with Crippen molar-refractivity contribution >= 4 is 12.1 Å². The molecule has 1 fully saturated rings. The summed E-state index contributed by atoms with van der Waals surface area (Å²) in [5, 5.41) is 18.6. The number of nitrogens with zero attached hydrogens (tertiary/aromatic N) is 1. The van der Waals surface area contributed by atoms with Crippen LogP contribution < -0.4 is 0 Å². The molecule has 1 saturated heterocycles. The fourth-order valence-corrected chi connectivity index (χ4v) is 1.79. The Balaban J connectivity index is 2.74. The Hall–Kier alpha value is -1.30. The van der Waals surface area contributed by atoms with Crippen molar-refractivity contribution in [3.63, 3.8) is 0 Å². The van der Waals surface area contributed by atoms with Crippen molar-refractivity contribution in [2.75, 3.05) is 6.54 Å². The quantitative estimate of drug-likeness (QED) is 0.709. The van der Waals surface area contributed by atoms with Gasteiger partial charge in [0.15, 0.2) is 0 Å². The zero-order valence-electron chi connectivity index (χ0n) is 10.5. The Morgan fingerprint density at radius 3 is 2.24 bits per heavy atom. The zero-order chi connectivity index (χ0) is 13.4. The molecular formula is C11H19NO5. The molecule has 0 bridgehead atoms. The van der Waals surface area contributed by atoms with Crippen molar-refractivity contribution < 1.29 is 24.5 Å². The SMILES string of the molecule is CC1[C@H](O)C(C(=O)O)CN1C(=O)OC(C)(C)C. The van der Waals surface area contributed by atoms with E-state index in [9.17, 15) is 14.7 Å². The minimum absolute atomic E-state index is 0.0212. The van der Waals surface area contributed by atoms with Crippen LogP contribution in [0, 0.1) is 5.92 Å². The lowest BCUT2D eigenvalue weighted by Crippen LogP contribution is -2.40. The zero-order valence-corrected chi connectivity index (χ0v) is 10.5. The highest BCUT2D eigenvalue weighted by Gasteiger charge is 2.45. The first kappa shape index (κ1) is 13.8. The van der Waals surface area contributed by atoms with E-state index in [1.807, 2.05) is 0 Å². The first-order chi connectivity index (χ1) is 7.63. The van der Waals surface area contributed by atoms with Gasteiger partial charge in [-0.3, -0.25) is 4.79 Å². The molecule has 1 amide bonds. The van der Waals surface area contributed by atoms with Gasteiger partial charge in [0.1, 0.15) is 11.5 Å². The maximum absolute atomic E-state index is 11.8. The lowest BCUT2D eigenvalue weighted by molar-refractivity contribution is -0.144. The van der Waals surface area contributed by atoms with Gasteiger partial charge in [0.25, 0.3) is 0 Å². The number of likely N-dealkylation sites (tertiary alicyclic amines) is 1. The second-order valence-electron chi connectivity index (χ2n) is 5.31. The number of carboxylic acid groups (broad SMARTS) is 1. The van der Waals surface area contributed by atoms with E-state index < -0.39 is 35.7 Å². The van der Waals surface area contributed by atoms with Gasteiger partial charge in [-0.05, 0) is 27.7 Å². The van der Waals surface area contributed by atoms with E-state index in [2.05, 4.69) is 0 Å². The number of carboxylic acids is 1. The summed E-state index contributed by atoms with van der Waals surface area (Å²) in [7, 11) is 0. The number of aliphatic carboxylic acids is 1. The van der Waals surface area contributed by atoms with Crippen LogP contribution in [0.15, 0.2) is 0 Å². The van der Waals surface area contributed by atoms with Gasteiger partial charge in [0.05, 0.1) is 12.1 Å². The van der Waals surface area contributed by atoms with E-state index in [4.69, 9.17) is 9.84 Å². The molecular weight excluding hydrogens is 226 g/mol. The smallest absolute Gasteiger partial charge is 0.410 e. The molecule has 0 aromatic heterocycles. The average molecular weight is 245 g/mol. The summed E-state index contributed by atoms with van der Waals surface area (Å²) in [6, 6.07) is -0.550. The fourth-order valence-electron chi connectivity index (χ4n) is 1.79. The topological polar surface area (TPSA) is 87.1 Å². The van der Waals surface area contributed by atoms with E-state index in [0.717, 1.165) is 0 Å². The molecule has 0 aromatic rings. The number of hydrogen-bond acceptors (Lipinski definition) is 4. The number of aliphatic hydroxyl groups is 1. The van der Waals surface area contributed by atoms with Crippen LogP contribution in [0.3, 0.4) is 0 Å². The summed E-state index contributed by atoms with van der Waals surface area (Å²) in [5.41, 5.74) is -0.636. The van der Waals surface area contributed by atoms with Crippen LogP contribution in [0.2, 0.25) is 0 Å². The second-order valence-corrected chi connectivity index (χ2v) is 5.31. The van der Waals surface area contributed by atoms with Gasteiger partial charge in [-0.25, -0.2) is 4.79 Å². The minimum Gasteiger partial charge on any atom is -0.481 e. The number of amides is 1. The van der Waals surface area contributed by atoms with Crippen LogP contribution in [-0.2, 0) is 9.53 Å². The number of carbonyl (C=O) groups is 2. The minimum atomic E-state index is -1.10. The van der Waals surface area contributed by atoms with Crippen molar-refractivity contribution in [2.24, 2.45) is 5.92 Å². The van der Waals surface area contributed by atoms with E-state index in [-0.39, 0.29) is 6.54 Å². The summed E-state index contributed by atoms with van der Waals surface area (Å²) in [5.74, 6) is -2.05. The first-order valence-corrected chi connectivity index (χ1v) is 5.54. The van der Waals surface area contributed by atoms with Gasteiger partial charge in [0, 0.05) is 6.54 Å². The Kier molecular flexibility index (Phi) is 3.66. The third-order valence-corrected chi connectivity index (χ3v) is 2.74. The second kappa shape index (κ2) is 4.52. The van der Waals surface area contributed by atoms with Crippen molar-refractivity contribution in [1.82, 2.24) is 4.90 Å². The molecule has 17 heavy (non-hydrogen) atoms. The summed E-state index contributed by atoms with van der Waals surface area (Å²) in [4.78, 5) is 23.9. The molecule has 2 unspecified atom stereocenters. The van der Waals surface area contributed by atoms with Crippen molar-refractivity contribution in [3.8, 4) is 0 Å². The van der Waals surface area contributed by atoms with Gasteiger partial charge >= 0.3 is 12.1 Å². The number of aliphatic hydroxyl groups excluding tert-OH is 1. The van der Waals surface area contributed by atoms with Gasteiger partial charge in [-0.15, -0.1) is 0 Å². The molecule has 1 rings (SSSR count). The predicted octanol–water partition coefficient (Wildman–Crippen LogP) is 0.687. The molecule has 98 valence electrons.